The third-order valence-electron chi connectivity index (χ3n) is 4.87. The molecule has 1 amide bonds. The van der Waals surface area contributed by atoms with Crippen molar-refractivity contribution in [1.82, 2.24) is 15.3 Å². The van der Waals surface area contributed by atoms with Crippen LogP contribution in [0, 0.1) is 11.3 Å². The lowest BCUT2D eigenvalue weighted by molar-refractivity contribution is 0.0958. The van der Waals surface area contributed by atoms with Gasteiger partial charge in [-0.2, -0.15) is 5.26 Å². The van der Waals surface area contributed by atoms with E-state index in [4.69, 9.17) is 11.4 Å². The van der Waals surface area contributed by atoms with Gasteiger partial charge in [0.25, 0.3) is 5.91 Å². The molecule has 0 bridgehead atoms. The Balaban J connectivity index is 1.43. The van der Waals surface area contributed by atoms with Gasteiger partial charge < -0.3 is 20.3 Å². The van der Waals surface area contributed by atoms with E-state index in [0.717, 1.165) is 43.2 Å². The summed E-state index contributed by atoms with van der Waals surface area (Å²) >= 11 is 0. The number of nitriles is 1. The van der Waals surface area contributed by atoms with Gasteiger partial charge in [0, 0.05) is 41.8 Å². The van der Waals surface area contributed by atoms with Crippen molar-refractivity contribution in [3.05, 3.63) is 66.4 Å². The van der Waals surface area contributed by atoms with E-state index in [0.29, 0.717) is 17.2 Å². The van der Waals surface area contributed by atoms with Crippen molar-refractivity contribution in [2.24, 2.45) is 0 Å². The maximum absolute atomic E-state index is 12.0. The zero-order valence-corrected chi connectivity index (χ0v) is 16.8. The highest BCUT2D eigenvalue weighted by Gasteiger charge is 2.11. The highest BCUT2D eigenvalue weighted by Crippen LogP contribution is 2.22. The maximum Gasteiger partial charge on any atom is 0.252 e. The van der Waals surface area contributed by atoms with E-state index < -0.39 is 12.4 Å². The molecule has 1 saturated heterocycles. The molecule has 8 nitrogen and oxygen atoms in total. The van der Waals surface area contributed by atoms with E-state index in [1.807, 2.05) is 12.1 Å². The van der Waals surface area contributed by atoms with Crippen LogP contribution in [0.25, 0.3) is 11.3 Å². The minimum atomic E-state index is -1.29. The number of nitrogens with one attached hydrogen (secondary N) is 2. The number of benzene rings is 2. The number of amides is 1. The molecule has 2 aromatic carbocycles. The molecule has 0 aliphatic carbocycles. The molecule has 1 aliphatic heterocycles. The van der Waals surface area contributed by atoms with Crippen LogP contribution in [0.15, 0.2) is 60.8 Å². The normalized spacial score (nSPS) is 14.8. The number of aromatic nitrogens is 2. The number of carbonyl (C=O) groups excluding carboxylic acids is 1. The van der Waals surface area contributed by atoms with Crippen LogP contribution in [0.4, 0.5) is 17.3 Å². The molecule has 2 heterocycles. The zero-order chi connectivity index (χ0) is 22.3. The number of hydrogen-bond donors (Lipinski definition) is 2. The van der Waals surface area contributed by atoms with E-state index >= 15 is 0 Å². The first kappa shape index (κ1) is 19.0. The number of ether oxygens (including phenoxy) is 1. The summed E-state index contributed by atoms with van der Waals surface area (Å²) in [5.41, 5.74) is 3.93. The van der Waals surface area contributed by atoms with E-state index in [1.54, 1.807) is 42.6 Å². The molecule has 2 N–H and O–H groups in total. The van der Waals surface area contributed by atoms with Crippen molar-refractivity contribution >= 4 is 23.2 Å². The average molecular weight is 415 g/mol. The Morgan fingerprint density at radius 1 is 1.13 bits per heavy atom. The molecule has 4 rings (SSSR count). The molecule has 0 radical (unpaired) electrons. The Morgan fingerprint density at radius 2 is 1.87 bits per heavy atom. The van der Waals surface area contributed by atoms with Crippen LogP contribution >= 0.6 is 0 Å². The number of morpholine rings is 1. The monoisotopic (exact) mass is 415 g/mol. The van der Waals surface area contributed by atoms with Crippen molar-refractivity contribution in [3.8, 4) is 17.3 Å². The fraction of sp³-hybridized carbons (Fsp3) is 0.217. The van der Waals surface area contributed by atoms with E-state index in [9.17, 15) is 4.79 Å². The van der Waals surface area contributed by atoms with Gasteiger partial charge in [0.1, 0.15) is 6.52 Å². The molecule has 0 spiro atoms. The first-order valence-corrected chi connectivity index (χ1v) is 9.88. The van der Waals surface area contributed by atoms with Crippen molar-refractivity contribution in [3.63, 3.8) is 0 Å². The fourth-order valence-electron chi connectivity index (χ4n) is 3.26. The van der Waals surface area contributed by atoms with Crippen LogP contribution < -0.4 is 15.5 Å². The standard InChI is InChI=1S/C23H22N6O2/c24-10-12-25-22(30)18-3-1-17(2-4-18)21-9-11-26-23(28-21)27-19-5-7-20(8-6-19)29-13-15-31-16-14-29/h1-9,11H,12-16H2,(H,25,30)(H,26,27,28)/i12D. The highest BCUT2D eigenvalue weighted by atomic mass is 16.5. The van der Waals surface area contributed by atoms with Crippen molar-refractivity contribution in [2.75, 3.05) is 43.0 Å². The Labute approximate surface area is 181 Å². The summed E-state index contributed by atoms with van der Waals surface area (Å²) in [7, 11) is 0. The second-order valence-corrected chi connectivity index (χ2v) is 6.86. The maximum atomic E-state index is 12.0. The fourth-order valence-corrected chi connectivity index (χ4v) is 3.26. The zero-order valence-electron chi connectivity index (χ0n) is 17.8. The SMILES string of the molecule is [2H]C(C#N)NC(=O)c1ccc(-c2ccnc(Nc3ccc(N4CCOCC4)cc3)n2)cc1. The summed E-state index contributed by atoms with van der Waals surface area (Å²) in [6, 6.07) is 18.4. The predicted molar refractivity (Wildman–Crippen MR) is 118 cm³/mol. The molecule has 1 fully saturated rings. The minimum Gasteiger partial charge on any atom is -0.378 e. The number of rotatable bonds is 6. The Morgan fingerprint density at radius 3 is 2.58 bits per heavy atom. The molecule has 1 unspecified atom stereocenters. The van der Waals surface area contributed by atoms with Crippen LogP contribution in [0.3, 0.4) is 0 Å². The average Bonchev–Trinajstić information content (AvgIpc) is 2.85. The summed E-state index contributed by atoms with van der Waals surface area (Å²) in [6.45, 7) is 1.98. The van der Waals surface area contributed by atoms with Gasteiger partial charge in [0.05, 0.1) is 26.3 Å². The first-order chi connectivity index (χ1) is 15.6. The van der Waals surface area contributed by atoms with Crippen LogP contribution in [-0.2, 0) is 4.74 Å². The Kier molecular flexibility index (Phi) is 5.95. The van der Waals surface area contributed by atoms with E-state index in [2.05, 4.69) is 37.6 Å². The lowest BCUT2D eigenvalue weighted by Gasteiger charge is -2.28. The number of hydrogen-bond acceptors (Lipinski definition) is 7. The second kappa shape index (κ2) is 9.69. The quantitative estimate of drug-likeness (QED) is 0.597. The third kappa shape index (κ3) is 5.15. The van der Waals surface area contributed by atoms with E-state index in [1.165, 1.54) is 0 Å². The highest BCUT2D eigenvalue weighted by molar-refractivity contribution is 5.94. The van der Waals surface area contributed by atoms with Gasteiger partial charge in [-0.1, -0.05) is 12.1 Å². The van der Waals surface area contributed by atoms with Gasteiger partial charge >= 0.3 is 0 Å². The van der Waals surface area contributed by atoms with Crippen molar-refractivity contribution in [1.29, 1.82) is 5.26 Å². The summed E-state index contributed by atoms with van der Waals surface area (Å²) in [4.78, 5) is 23.2. The molecular formula is C23H22N6O2. The van der Waals surface area contributed by atoms with Crippen LogP contribution in [0.2, 0.25) is 0 Å². The minimum absolute atomic E-state index is 0.369. The van der Waals surface area contributed by atoms with Gasteiger partial charge in [-0.15, -0.1) is 0 Å². The number of carbonyl (C=O) groups is 1. The topological polar surface area (TPSA) is 103 Å². The van der Waals surface area contributed by atoms with Crippen LogP contribution in [0.1, 0.15) is 11.7 Å². The van der Waals surface area contributed by atoms with Crippen LogP contribution in [0.5, 0.6) is 0 Å². The van der Waals surface area contributed by atoms with Gasteiger partial charge in [-0.3, -0.25) is 4.79 Å². The van der Waals surface area contributed by atoms with E-state index in [-0.39, 0.29) is 0 Å². The predicted octanol–water partition coefficient (Wildman–Crippen LogP) is 2.98. The Hall–Kier alpha value is -3.96. The lowest BCUT2D eigenvalue weighted by atomic mass is 10.1. The number of nitrogens with zero attached hydrogens (tertiary/aromatic N) is 4. The summed E-state index contributed by atoms with van der Waals surface area (Å²) in [5, 5.41) is 14.2. The number of anilines is 3. The smallest absolute Gasteiger partial charge is 0.252 e. The largest absolute Gasteiger partial charge is 0.378 e. The third-order valence-corrected chi connectivity index (χ3v) is 4.87. The molecule has 1 aliphatic rings. The first-order valence-electron chi connectivity index (χ1n) is 10.5. The van der Waals surface area contributed by atoms with Crippen molar-refractivity contribution < 1.29 is 10.9 Å². The second-order valence-electron chi connectivity index (χ2n) is 6.86. The molecule has 1 atom stereocenters. The van der Waals surface area contributed by atoms with Crippen LogP contribution in [-0.4, -0.2) is 48.7 Å². The summed E-state index contributed by atoms with van der Waals surface area (Å²) in [6.07, 6.45) is 1.67. The molecule has 1 aromatic heterocycles. The lowest BCUT2D eigenvalue weighted by Crippen LogP contribution is -2.36. The molecule has 3 aromatic rings. The van der Waals surface area contributed by atoms with Gasteiger partial charge in [-0.25, -0.2) is 9.97 Å². The molecule has 31 heavy (non-hydrogen) atoms. The van der Waals surface area contributed by atoms with Gasteiger partial charge in [0.15, 0.2) is 0 Å². The molecule has 156 valence electrons. The Bertz CT molecular complexity index is 1110. The molecule has 0 saturated carbocycles. The molecule has 8 heteroatoms. The molecular weight excluding hydrogens is 392 g/mol. The van der Waals surface area contributed by atoms with Gasteiger partial charge in [-0.05, 0) is 42.5 Å². The summed E-state index contributed by atoms with van der Waals surface area (Å²) in [5.74, 6) is -0.00169. The summed E-state index contributed by atoms with van der Waals surface area (Å²) < 4.78 is 12.7. The van der Waals surface area contributed by atoms with Crippen molar-refractivity contribution in [2.45, 2.75) is 0 Å². The van der Waals surface area contributed by atoms with Gasteiger partial charge in [0.2, 0.25) is 5.95 Å².